The van der Waals surface area contributed by atoms with E-state index in [0.29, 0.717) is 42.5 Å². The lowest BCUT2D eigenvalue weighted by atomic mass is 10.1. The quantitative estimate of drug-likeness (QED) is 0.809. The highest BCUT2D eigenvalue weighted by Crippen LogP contribution is 2.25. The molecule has 1 aliphatic heterocycles. The van der Waals surface area contributed by atoms with E-state index in [-0.39, 0.29) is 18.4 Å². The molecule has 0 radical (unpaired) electrons. The van der Waals surface area contributed by atoms with Gasteiger partial charge in [0.2, 0.25) is 0 Å². The Hall–Kier alpha value is -2.53. The number of ether oxygens (including phenoxy) is 1. The van der Waals surface area contributed by atoms with Crippen LogP contribution in [0.15, 0.2) is 42.5 Å². The van der Waals surface area contributed by atoms with Crippen LogP contribution in [0.1, 0.15) is 21.5 Å². The molecule has 3 rings (SSSR count). The Kier molecular flexibility index (Phi) is 6.01. The van der Waals surface area contributed by atoms with Crippen LogP contribution < -0.4 is 4.74 Å². The van der Waals surface area contributed by atoms with Crippen LogP contribution in [0, 0.1) is 13.8 Å². The monoisotopic (exact) mass is 386 g/mol. The molecule has 142 valence electrons. The molecule has 2 aromatic rings. The number of carbonyl (C=O) groups excluding carboxylic acids is 2. The predicted molar refractivity (Wildman–Crippen MR) is 105 cm³/mol. The van der Waals surface area contributed by atoms with Gasteiger partial charge in [0.1, 0.15) is 5.75 Å². The summed E-state index contributed by atoms with van der Waals surface area (Å²) in [5.74, 6) is 0.568. The van der Waals surface area contributed by atoms with Gasteiger partial charge in [-0.3, -0.25) is 9.59 Å². The number of benzene rings is 2. The minimum Gasteiger partial charge on any atom is -0.484 e. The van der Waals surface area contributed by atoms with Crippen LogP contribution in [-0.2, 0) is 4.79 Å². The second-order valence-corrected chi connectivity index (χ2v) is 7.08. The fourth-order valence-electron chi connectivity index (χ4n) is 3.15. The van der Waals surface area contributed by atoms with Crippen molar-refractivity contribution in [2.24, 2.45) is 0 Å². The molecule has 1 fully saturated rings. The first-order chi connectivity index (χ1) is 13.0. The van der Waals surface area contributed by atoms with Crippen LogP contribution in [0.5, 0.6) is 5.75 Å². The highest BCUT2D eigenvalue weighted by atomic mass is 35.5. The Labute approximate surface area is 164 Å². The molecule has 0 aromatic heterocycles. The van der Waals surface area contributed by atoms with E-state index >= 15 is 0 Å². The first kappa shape index (κ1) is 19.2. The Morgan fingerprint density at radius 3 is 2.11 bits per heavy atom. The summed E-state index contributed by atoms with van der Waals surface area (Å²) in [6, 6.07) is 12.9. The van der Waals surface area contributed by atoms with Crippen molar-refractivity contribution in [1.82, 2.24) is 9.80 Å². The summed E-state index contributed by atoms with van der Waals surface area (Å²) in [6.07, 6.45) is 0. The zero-order valence-electron chi connectivity index (χ0n) is 15.6. The zero-order valence-corrected chi connectivity index (χ0v) is 16.3. The van der Waals surface area contributed by atoms with Crippen molar-refractivity contribution in [3.05, 3.63) is 64.2 Å². The van der Waals surface area contributed by atoms with Crippen molar-refractivity contribution in [1.29, 1.82) is 0 Å². The van der Waals surface area contributed by atoms with E-state index in [1.165, 1.54) is 0 Å². The van der Waals surface area contributed by atoms with Gasteiger partial charge in [0.25, 0.3) is 11.8 Å². The minimum absolute atomic E-state index is 0.00561. The molecule has 1 saturated heterocycles. The molecule has 0 atom stereocenters. The molecule has 0 bridgehead atoms. The first-order valence-corrected chi connectivity index (χ1v) is 9.35. The van der Waals surface area contributed by atoms with Gasteiger partial charge in [-0.1, -0.05) is 29.8 Å². The van der Waals surface area contributed by atoms with E-state index in [9.17, 15) is 9.59 Å². The standard InChI is InChI=1S/C21H23ClN2O3/c1-15-12-18(13-16(2)20(15)22)27-14-19(25)23-8-10-24(11-9-23)21(26)17-6-4-3-5-7-17/h3-7,12-13H,8-11,14H2,1-2H3. The third-order valence-electron chi connectivity index (χ3n) is 4.71. The molecule has 6 heteroatoms. The van der Waals surface area contributed by atoms with Gasteiger partial charge < -0.3 is 14.5 Å². The average Bonchev–Trinajstić information content (AvgIpc) is 2.70. The molecule has 0 aliphatic carbocycles. The highest BCUT2D eigenvalue weighted by Gasteiger charge is 2.25. The van der Waals surface area contributed by atoms with Crippen molar-refractivity contribution in [2.45, 2.75) is 13.8 Å². The van der Waals surface area contributed by atoms with Crippen molar-refractivity contribution in [2.75, 3.05) is 32.8 Å². The molecule has 0 N–H and O–H groups in total. The smallest absolute Gasteiger partial charge is 0.260 e. The molecule has 27 heavy (non-hydrogen) atoms. The van der Waals surface area contributed by atoms with Gasteiger partial charge >= 0.3 is 0 Å². The average molecular weight is 387 g/mol. The number of aryl methyl sites for hydroxylation is 2. The van der Waals surface area contributed by atoms with Gasteiger partial charge in [0.15, 0.2) is 6.61 Å². The molecule has 5 nitrogen and oxygen atoms in total. The lowest BCUT2D eigenvalue weighted by Gasteiger charge is -2.34. The number of piperazine rings is 1. The predicted octanol–water partition coefficient (Wildman–Crippen LogP) is 3.32. The van der Waals surface area contributed by atoms with E-state index in [1.807, 2.05) is 56.3 Å². The number of hydrogen-bond donors (Lipinski definition) is 0. The van der Waals surface area contributed by atoms with Gasteiger partial charge in [-0.2, -0.15) is 0 Å². The van der Waals surface area contributed by atoms with Crippen LogP contribution in [0.4, 0.5) is 0 Å². The van der Waals surface area contributed by atoms with Crippen LogP contribution in [-0.4, -0.2) is 54.4 Å². The summed E-state index contributed by atoms with van der Waals surface area (Å²) in [6.45, 7) is 5.88. The molecule has 0 spiro atoms. The topological polar surface area (TPSA) is 49.9 Å². The van der Waals surface area contributed by atoms with E-state index in [2.05, 4.69) is 0 Å². The lowest BCUT2D eigenvalue weighted by Crippen LogP contribution is -2.51. The maximum atomic E-state index is 12.5. The van der Waals surface area contributed by atoms with E-state index < -0.39 is 0 Å². The summed E-state index contributed by atoms with van der Waals surface area (Å²) >= 11 is 6.15. The number of hydrogen-bond acceptors (Lipinski definition) is 3. The van der Waals surface area contributed by atoms with Gasteiger partial charge in [-0.25, -0.2) is 0 Å². The fourth-order valence-corrected chi connectivity index (χ4v) is 3.26. The van der Waals surface area contributed by atoms with Crippen LogP contribution in [0.3, 0.4) is 0 Å². The van der Waals surface area contributed by atoms with Crippen LogP contribution >= 0.6 is 11.6 Å². The molecule has 1 aliphatic rings. The van der Waals surface area contributed by atoms with E-state index in [1.54, 1.807) is 9.80 Å². The van der Waals surface area contributed by atoms with Gasteiger partial charge in [0, 0.05) is 36.8 Å². The van der Waals surface area contributed by atoms with Crippen molar-refractivity contribution in [3.8, 4) is 5.75 Å². The molecule has 0 unspecified atom stereocenters. The maximum absolute atomic E-state index is 12.5. The summed E-state index contributed by atoms with van der Waals surface area (Å²) in [7, 11) is 0. The summed E-state index contributed by atoms with van der Waals surface area (Å²) < 4.78 is 5.65. The number of rotatable bonds is 4. The number of nitrogens with zero attached hydrogens (tertiary/aromatic N) is 2. The number of carbonyl (C=O) groups is 2. The summed E-state index contributed by atoms with van der Waals surface area (Å²) in [5, 5.41) is 0.716. The van der Waals surface area contributed by atoms with E-state index in [4.69, 9.17) is 16.3 Å². The summed E-state index contributed by atoms with van der Waals surface area (Å²) in [4.78, 5) is 28.4. The number of amides is 2. The maximum Gasteiger partial charge on any atom is 0.260 e. The summed E-state index contributed by atoms with van der Waals surface area (Å²) in [5.41, 5.74) is 2.52. The molecular weight excluding hydrogens is 364 g/mol. The Morgan fingerprint density at radius 2 is 1.52 bits per heavy atom. The molecular formula is C21H23ClN2O3. The third kappa shape index (κ3) is 4.61. The Bertz CT molecular complexity index is 808. The van der Waals surface area contributed by atoms with E-state index in [0.717, 1.165) is 11.1 Å². The second kappa shape index (κ2) is 8.44. The lowest BCUT2D eigenvalue weighted by molar-refractivity contribution is -0.134. The molecule has 2 aromatic carbocycles. The Balaban J connectivity index is 1.51. The fraction of sp³-hybridized carbons (Fsp3) is 0.333. The van der Waals surface area contributed by atoms with Crippen LogP contribution in [0.2, 0.25) is 5.02 Å². The third-order valence-corrected chi connectivity index (χ3v) is 5.31. The van der Waals surface area contributed by atoms with Crippen LogP contribution in [0.25, 0.3) is 0 Å². The zero-order chi connectivity index (χ0) is 19.4. The Morgan fingerprint density at radius 1 is 0.963 bits per heavy atom. The van der Waals surface area contributed by atoms with Gasteiger partial charge in [-0.15, -0.1) is 0 Å². The van der Waals surface area contributed by atoms with Crippen molar-refractivity contribution >= 4 is 23.4 Å². The molecule has 2 amide bonds. The molecule has 0 saturated carbocycles. The van der Waals surface area contributed by atoms with Crippen molar-refractivity contribution in [3.63, 3.8) is 0 Å². The largest absolute Gasteiger partial charge is 0.484 e. The van der Waals surface area contributed by atoms with Gasteiger partial charge in [-0.05, 0) is 49.2 Å². The van der Waals surface area contributed by atoms with Gasteiger partial charge in [0.05, 0.1) is 0 Å². The highest BCUT2D eigenvalue weighted by molar-refractivity contribution is 6.32. The number of halogens is 1. The normalized spacial score (nSPS) is 14.2. The van der Waals surface area contributed by atoms with Crippen molar-refractivity contribution < 1.29 is 14.3 Å². The molecule has 1 heterocycles. The SMILES string of the molecule is Cc1cc(OCC(=O)N2CCN(C(=O)c3ccccc3)CC2)cc(C)c1Cl. The first-order valence-electron chi connectivity index (χ1n) is 8.97. The second-order valence-electron chi connectivity index (χ2n) is 6.70. The minimum atomic E-state index is -0.0768.